The molecule has 0 bridgehead atoms. The van der Waals surface area contributed by atoms with Crippen LogP contribution in [0, 0.1) is 10.1 Å². The first kappa shape index (κ1) is 16.0. The summed E-state index contributed by atoms with van der Waals surface area (Å²) in [7, 11) is 0. The van der Waals surface area contributed by atoms with Crippen LogP contribution in [0.1, 0.15) is 18.9 Å². The van der Waals surface area contributed by atoms with Crippen LogP contribution in [0.15, 0.2) is 22.7 Å². The van der Waals surface area contributed by atoms with Crippen molar-refractivity contribution in [3.05, 3.63) is 37.8 Å². The summed E-state index contributed by atoms with van der Waals surface area (Å²) in [5.74, 6) is 0. The highest BCUT2D eigenvalue weighted by molar-refractivity contribution is 9.10. The maximum Gasteiger partial charge on any atom is 0.271 e. The molecule has 1 aromatic heterocycles. The maximum atomic E-state index is 10.9. The van der Waals surface area contributed by atoms with Gasteiger partial charge in [-0.15, -0.1) is 10.2 Å². The van der Waals surface area contributed by atoms with Gasteiger partial charge in [0.15, 0.2) is 0 Å². The van der Waals surface area contributed by atoms with Crippen LogP contribution in [0.3, 0.4) is 0 Å². The molecule has 0 radical (unpaired) electrons. The maximum absolute atomic E-state index is 10.9. The molecule has 1 heterocycles. The summed E-state index contributed by atoms with van der Waals surface area (Å²) in [4.78, 5) is 10.5. The summed E-state index contributed by atoms with van der Waals surface area (Å²) < 4.78 is 0.657. The fourth-order valence-electron chi connectivity index (χ4n) is 1.74. The van der Waals surface area contributed by atoms with Crippen LogP contribution in [-0.4, -0.2) is 27.7 Å². The molecular formula is C13H15BrN4O2S. The molecule has 112 valence electrons. The Hall–Kier alpha value is -1.38. The summed E-state index contributed by atoms with van der Waals surface area (Å²) in [6.45, 7) is 5.02. The van der Waals surface area contributed by atoms with Crippen molar-refractivity contribution in [1.29, 1.82) is 0 Å². The van der Waals surface area contributed by atoms with Gasteiger partial charge in [-0.2, -0.15) is 0 Å². The zero-order valence-electron chi connectivity index (χ0n) is 11.7. The Labute approximate surface area is 134 Å². The summed E-state index contributed by atoms with van der Waals surface area (Å²) in [6.07, 6.45) is 0.798. The highest BCUT2D eigenvalue weighted by atomic mass is 79.9. The van der Waals surface area contributed by atoms with Gasteiger partial charge in [-0.3, -0.25) is 10.1 Å². The van der Waals surface area contributed by atoms with E-state index in [1.807, 2.05) is 6.07 Å². The number of rotatable bonds is 6. The molecule has 0 fully saturated rings. The number of halogens is 1. The first-order valence-corrected chi connectivity index (χ1v) is 8.08. The van der Waals surface area contributed by atoms with E-state index >= 15 is 0 Å². The van der Waals surface area contributed by atoms with Crippen LogP contribution in [-0.2, 0) is 6.42 Å². The van der Waals surface area contributed by atoms with E-state index < -0.39 is 4.92 Å². The van der Waals surface area contributed by atoms with Crippen molar-refractivity contribution in [2.24, 2.45) is 0 Å². The summed E-state index contributed by atoms with van der Waals surface area (Å²) in [5, 5.41) is 24.1. The molecule has 6 nitrogen and oxygen atoms in total. The third-order valence-corrected chi connectivity index (χ3v) is 4.19. The smallest absolute Gasteiger partial charge is 0.271 e. The number of benzene rings is 1. The Bertz CT molecular complexity index is 645. The van der Waals surface area contributed by atoms with E-state index in [4.69, 9.17) is 0 Å². The number of hydrogen-bond donors (Lipinski definition) is 1. The first-order chi connectivity index (χ1) is 9.95. The van der Waals surface area contributed by atoms with Gasteiger partial charge >= 0.3 is 0 Å². The van der Waals surface area contributed by atoms with Crippen LogP contribution in [0.4, 0.5) is 5.69 Å². The lowest BCUT2D eigenvalue weighted by Gasteiger charge is -2.05. The number of nitrogens with one attached hydrogen (secondary N) is 1. The van der Waals surface area contributed by atoms with E-state index in [0.29, 0.717) is 21.1 Å². The van der Waals surface area contributed by atoms with Crippen molar-refractivity contribution in [3.8, 4) is 10.6 Å². The van der Waals surface area contributed by atoms with Gasteiger partial charge in [0.1, 0.15) is 10.0 Å². The molecule has 0 spiro atoms. The van der Waals surface area contributed by atoms with Crippen molar-refractivity contribution in [3.63, 3.8) is 0 Å². The molecule has 21 heavy (non-hydrogen) atoms. The van der Waals surface area contributed by atoms with Crippen LogP contribution < -0.4 is 5.32 Å². The molecule has 2 rings (SSSR count). The van der Waals surface area contributed by atoms with Crippen molar-refractivity contribution in [2.75, 3.05) is 6.54 Å². The van der Waals surface area contributed by atoms with Crippen molar-refractivity contribution in [1.82, 2.24) is 15.5 Å². The molecule has 2 aromatic rings. The van der Waals surface area contributed by atoms with Gasteiger partial charge in [0.05, 0.1) is 4.92 Å². The Morgan fingerprint density at radius 3 is 2.81 bits per heavy atom. The van der Waals surface area contributed by atoms with Gasteiger partial charge in [0.2, 0.25) is 0 Å². The van der Waals surface area contributed by atoms with Gasteiger partial charge in [0, 0.05) is 41.2 Å². The van der Waals surface area contributed by atoms with E-state index in [0.717, 1.165) is 18.0 Å². The monoisotopic (exact) mass is 370 g/mol. The predicted molar refractivity (Wildman–Crippen MR) is 86.5 cm³/mol. The zero-order chi connectivity index (χ0) is 15.4. The number of aromatic nitrogens is 2. The molecule has 0 aliphatic rings. The fourth-order valence-corrected chi connectivity index (χ4v) is 3.05. The Kier molecular flexibility index (Phi) is 5.38. The summed E-state index contributed by atoms with van der Waals surface area (Å²) in [5.41, 5.74) is 0.745. The van der Waals surface area contributed by atoms with Gasteiger partial charge in [-0.1, -0.05) is 41.1 Å². The molecule has 0 saturated heterocycles. The second kappa shape index (κ2) is 7.06. The number of nitro groups is 1. The fraction of sp³-hybridized carbons (Fsp3) is 0.385. The second-order valence-corrected chi connectivity index (χ2v) is 6.79. The summed E-state index contributed by atoms with van der Waals surface area (Å²) >= 11 is 4.75. The number of hydrogen-bond acceptors (Lipinski definition) is 6. The first-order valence-electron chi connectivity index (χ1n) is 6.47. The van der Waals surface area contributed by atoms with Crippen LogP contribution in [0.25, 0.3) is 10.6 Å². The van der Waals surface area contributed by atoms with E-state index in [1.165, 1.54) is 23.5 Å². The van der Waals surface area contributed by atoms with E-state index in [-0.39, 0.29) is 5.69 Å². The Morgan fingerprint density at radius 1 is 1.38 bits per heavy atom. The van der Waals surface area contributed by atoms with Crippen molar-refractivity contribution in [2.45, 2.75) is 26.3 Å². The van der Waals surface area contributed by atoms with Crippen LogP contribution in [0.2, 0.25) is 0 Å². The van der Waals surface area contributed by atoms with Crippen LogP contribution >= 0.6 is 27.3 Å². The quantitative estimate of drug-likeness (QED) is 0.622. The third-order valence-electron chi connectivity index (χ3n) is 2.70. The number of non-ortho nitro benzene ring substituents is 1. The minimum atomic E-state index is -0.414. The van der Waals surface area contributed by atoms with Gasteiger partial charge < -0.3 is 5.32 Å². The predicted octanol–water partition coefficient (Wildman–Crippen LogP) is 3.42. The lowest BCUT2D eigenvalue weighted by atomic mass is 10.2. The minimum absolute atomic E-state index is 0.0394. The Morgan fingerprint density at radius 2 is 2.14 bits per heavy atom. The molecule has 1 aromatic carbocycles. The average Bonchev–Trinajstić information content (AvgIpc) is 2.86. The Balaban J connectivity index is 2.15. The zero-order valence-corrected chi connectivity index (χ0v) is 14.1. The van der Waals surface area contributed by atoms with Crippen molar-refractivity contribution >= 4 is 33.0 Å². The van der Waals surface area contributed by atoms with Crippen LogP contribution in [0.5, 0.6) is 0 Å². The van der Waals surface area contributed by atoms with E-state index in [2.05, 4.69) is 45.3 Å². The third kappa shape index (κ3) is 4.55. The SMILES string of the molecule is CC(C)NCCc1nnc(-c2cc(Br)cc([N+](=O)[O-])c2)s1. The molecule has 8 heteroatoms. The molecule has 0 aliphatic carbocycles. The molecule has 0 atom stereocenters. The largest absolute Gasteiger partial charge is 0.314 e. The topological polar surface area (TPSA) is 81.0 Å². The molecular weight excluding hydrogens is 356 g/mol. The summed E-state index contributed by atoms with van der Waals surface area (Å²) in [6, 6.07) is 5.23. The van der Waals surface area contributed by atoms with E-state index in [9.17, 15) is 10.1 Å². The standard InChI is InChI=1S/C13H15BrN4O2S/c1-8(2)15-4-3-12-16-17-13(21-12)9-5-10(14)7-11(6-9)18(19)20/h5-8,15H,3-4H2,1-2H3. The molecule has 1 N–H and O–H groups in total. The lowest BCUT2D eigenvalue weighted by molar-refractivity contribution is -0.384. The van der Waals surface area contributed by atoms with E-state index in [1.54, 1.807) is 0 Å². The molecule has 0 aliphatic heterocycles. The number of nitro benzene ring substituents is 1. The van der Waals surface area contributed by atoms with Gasteiger partial charge in [0.25, 0.3) is 5.69 Å². The highest BCUT2D eigenvalue weighted by Gasteiger charge is 2.13. The normalized spacial score (nSPS) is 11.0. The average molecular weight is 371 g/mol. The highest BCUT2D eigenvalue weighted by Crippen LogP contribution is 2.30. The van der Waals surface area contributed by atoms with Gasteiger partial charge in [-0.25, -0.2) is 0 Å². The molecule has 0 amide bonds. The minimum Gasteiger partial charge on any atom is -0.314 e. The molecule has 0 saturated carbocycles. The number of nitrogens with zero attached hydrogens (tertiary/aromatic N) is 3. The van der Waals surface area contributed by atoms with Crippen molar-refractivity contribution < 1.29 is 4.92 Å². The second-order valence-electron chi connectivity index (χ2n) is 4.81. The molecule has 0 unspecified atom stereocenters. The van der Waals surface area contributed by atoms with Gasteiger partial charge in [-0.05, 0) is 6.07 Å². The lowest BCUT2D eigenvalue weighted by Crippen LogP contribution is -2.24.